The summed E-state index contributed by atoms with van der Waals surface area (Å²) >= 11 is 0. The summed E-state index contributed by atoms with van der Waals surface area (Å²) in [6.07, 6.45) is 3.44. The molecule has 0 radical (unpaired) electrons. The van der Waals surface area contributed by atoms with Gasteiger partial charge in [-0.2, -0.15) is 0 Å². The Balaban J connectivity index is 2.13. The number of hydrogen-bond donors (Lipinski definition) is 1. The summed E-state index contributed by atoms with van der Waals surface area (Å²) in [4.78, 5) is 25.7. The van der Waals surface area contributed by atoms with E-state index in [4.69, 9.17) is 4.43 Å². The van der Waals surface area contributed by atoms with Crippen molar-refractivity contribution >= 4 is 8.32 Å². The number of allylic oxidation sites excluding steroid dienone is 1. The van der Waals surface area contributed by atoms with E-state index < -0.39 is 25.6 Å². The summed E-state index contributed by atoms with van der Waals surface area (Å²) in [5.74, 6) is -0.407. The highest BCUT2D eigenvalue weighted by atomic mass is 28.4. The molecule has 2 atom stereocenters. The van der Waals surface area contributed by atoms with E-state index in [-0.39, 0.29) is 16.8 Å². The Kier molecular flexibility index (Phi) is 5.06. The second-order valence-corrected chi connectivity index (χ2v) is 12.9. The van der Waals surface area contributed by atoms with Crippen LogP contribution in [0, 0.1) is 12.8 Å². The third-order valence-corrected chi connectivity index (χ3v) is 9.69. The maximum Gasteiger partial charge on any atom is 0.328 e. The Morgan fingerprint density at radius 1 is 1.38 bits per heavy atom. The number of aryl methyl sites for hydroxylation is 1. The first-order valence-electron chi connectivity index (χ1n) is 8.25. The van der Waals surface area contributed by atoms with Gasteiger partial charge in [-0.3, -0.25) is 14.3 Å². The zero-order valence-electron chi connectivity index (χ0n) is 15.3. The largest absolute Gasteiger partial charge is 0.416 e. The fourth-order valence-corrected chi connectivity index (χ4v) is 3.58. The van der Waals surface area contributed by atoms with Gasteiger partial charge in [0.05, 0.1) is 6.04 Å². The molecule has 1 heterocycles. The van der Waals surface area contributed by atoms with Crippen molar-refractivity contribution in [3.63, 3.8) is 0 Å². The Bertz CT molecular complexity index is 758. The summed E-state index contributed by atoms with van der Waals surface area (Å²) in [5, 5.41) is 0.0975. The first-order valence-corrected chi connectivity index (χ1v) is 11.2. The lowest BCUT2D eigenvalue weighted by atomic mass is 10.1. The molecule has 0 unspecified atom stereocenters. The summed E-state index contributed by atoms with van der Waals surface area (Å²) in [5.41, 5.74) is -0.620. The fraction of sp³-hybridized carbons (Fsp3) is 0.647. The second kappa shape index (κ2) is 6.44. The van der Waals surface area contributed by atoms with Gasteiger partial charge < -0.3 is 4.43 Å². The molecule has 134 valence electrons. The molecule has 1 aliphatic rings. The van der Waals surface area contributed by atoms with Gasteiger partial charge in [-0.05, 0) is 37.6 Å². The van der Waals surface area contributed by atoms with Gasteiger partial charge in [0.2, 0.25) is 0 Å². The van der Waals surface area contributed by atoms with E-state index in [9.17, 15) is 14.0 Å². The van der Waals surface area contributed by atoms with Gasteiger partial charge in [-0.1, -0.05) is 20.8 Å². The zero-order valence-corrected chi connectivity index (χ0v) is 16.3. The highest BCUT2D eigenvalue weighted by Gasteiger charge is 2.38. The fourth-order valence-electron chi connectivity index (χ4n) is 2.52. The smallest absolute Gasteiger partial charge is 0.328 e. The van der Waals surface area contributed by atoms with E-state index in [0.717, 1.165) is 0 Å². The summed E-state index contributed by atoms with van der Waals surface area (Å²) < 4.78 is 21.8. The first kappa shape index (κ1) is 18.9. The number of H-pyrrole nitrogens is 1. The quantitative estimate of drug-likeness (QED) is 0.844. The van der Waals surface area contributed by atoms with Gasteiger partial charge in [0.15, 0.2) is 8.32 Å². The lowest BCUT2D eigenvalue weighted by molar-refractivity contribution is 0.242. The minimum atomic E-state index is -1.89. The number of rotatable bonds is 4. The third kappa shape index (κ3) is 3.78. The molecular weight excluding hydrogens is 327 g/mol. The molecule has 7 heteroatoms. The topological polar surface area (TPSA) is 64.1 Å². The molecule has 0 aliphatic heterocycles. The van der Waals surface area contributed by atoms with Crippen LogP contribution >= 0.6 is 0 Å². The molecule has 0 aromatic carbocycles. The van der Waals surface area contributed by atoms with Crippen LogP contribution < -0.4 is 11.2 Å². The molecule has 0 amide bonds. The second-order valence-electron chi connectivity index (χ2n) is 8.11. The molecular formula is C17H27FN2O3Si. The Morgan fingerprint density at radius 2 is 2.00 bits per heavy atom. The van der Waals surface area contributed by atoms with E-state index in [1.807, 2.05) is 0 Å². The van der Waals surface area contributed by atoms with E-state index in [1.165, 1.54) is 10.8 Å². The molecule has 1 aliphatic carbocycles. The molecule has 1 aromatic heterocycles. The van der Waals surface area contributed by atoms with Crippen LogP contribution in [0.1, 0.15) is 38.8 Å². The van der Waals surface area contributed by atoms with Gasteiger partial charge in [-0.25, -0.2) is 9.18 Å². The van der Waals surface area contributed by atoms with Gasteiger partial charge in [0.1, 0.15) is 5.83 Å². The molecule has 0 bridgehead atoms. The van der Waals surface area contributed by atoms with E-state index in [0.29, 0.717) is 18.6 Å². The number of aromatic nitrogens is 2. The summed E-state index contributed by atoms with van der Waals surface area (Å²) in [6.45, 7) is 12.9. The number of nitrogens with one attached hydrogen (secondary N) is 1. The molecule has 1 N–H and O–H groups in total. The van der Waals surface area contributed by atoms with Crippen molar-refractivity contribution in [3.05, 3.63) is 44.5 Å². The van der Waals surface area contributed by atoms with Crippen molar-refractivity contribution in [1.29, 1.82) is 0 Å². The SMILES string of the molecule is Cc1cn([C@H]2C[C@@H](CO[Si](C)(C)C(C)(C)C)C=C2F)c(=O)[nH]c1=O. The molecule has 0 fully saturated rings. The van der Waals surface area contributed by atoms with E-state index >= 15 is 0 Å². The molecule has 5 nitrogen and oxygen atoms in total. The van der Waals surface area contributed by atoms with Crippen LogP contribution in [0.5, 0.6) is 0 Å². The molecule has 2 rings (SSSR count). The molecule has 0 saturated carbocycles. The maximum absolute atomic E-state index is 14.4. The molecule has 1 aromatic rings. The van der Waals surface area contributed by atoms with Crippen LogP contribution in [0.25, 0.3) is 0 Å². The maximum atomic E-state index is 14.4. The van der Waals surface area contributed by atoms with Crippen LogP contribution in [-0.4, -0.2) is 24.5 Å². The predicted molar refractivity (Wildman–Crippen MR) is 95.5 cm³/mol. The van der Waals surface area contributed by atoms with Gasteiger partial charge in [0.25, 0.3) is 5.56 Å². The first-order chi connectivity index (χ1) is 10.9. The van der Waals surface area contributed by atoms with Crippen LogP contribution in [0.2, 0.25) is 18.1 Å². The number of halogens is 1. The minimum absolute atomic E-state index is 0.0664. The third-order valence-electron chi connectivity index (χ3n) is 5.19. The number of hydrogen-bond acceptors (Lipinski definition) is 3. The average molecular weight is 354 g/mol. The standard InChI is InChI=1S/C17H27FN2O3Si/c1-11-9-20(16(22)19-15(11)21)14-8-12(7-13(14)18)10-23-24(5,6)17(2,3)4/h7,9,12,14H,8,10H2,1-6H3,(H,19,21,22)/t12-,14-/m0/s1. The van der Waals surface area contributed by atoms with Crippen LogP contribution in [-0.2, 0) is 4.43 Å². The van der Waals surface area contributed by atoms with Crippen LogP contribution in [0.15, 0.2) is 27.7 Å². The average Bonchev–Trinajstić information content (AvgIpc) is 2.80. The highest BCUT2D eigenvalue weighted by Crippen LogP contribution is 2.39. The summed E-state index contributed by atoms with van der Waals surface area (Å²) in [7, 11) is -1.89. The van der Waals surface area contributed by atoms with Crippen LogP contribution in [0.3, 0.4) is 0 Å². The van der Waals surface area contributed by atoms with Gasteiger partial charge in [-0.15, -0.1) is 0 Å². The molecule has 24 heavy (non-hydrogen) atoms. The lowest BCUT2D eigenvalue weighted by Gasteiger charge is -2.36. The molecule has 0 saturated heterocycles. The Labute approximate surface area is 142 Å². The lowest BCUT2D eigenvalue weighted by Crippen LogP contribution is -2.41. The Morgan fingerprint density at radius 3 is 2.58 bits per heavy atom. The summed E-state index contributed by atoms with van der Waals surface area (Å²) in [6, 6.07) is -0.666. The monoisotopic (exact) mass is 354 g/mol. The van der Waals surface area contributed by atoms with Gasteiger partial charge >= 0.3 is 5.69 Å². The van der Waals surface area contributed by atoms with Crippen LogP contribution in [0.4, 0.5) is 4.39 Å². The number of nitrogens with zero attached hydrogens (tertiary/aromatic N) is 1. The number of aromatic amines is 1. The van der Waals surface area contributed by atoms with Crippen molar-refractivity contribution in [3.8, 4) is 0 Å². The minimum Gasteiger partial charge on any atom is -0.416 e. The van der Waals surface area contributed by atoms with Gasteiger partial charge in [0, 0.05) is 24.3 Å². The Hall–Kier alpha value is -1.47. The van der Waals surface area contributed by atoms with Crippen molar-refractivity contribution in [2.75, 3.05) is 6.61 Å². The van der Waals surface area contributed by atoms with E-state index in [1.54, 1.807) is 13.0 Å². The predicted octanol–water partition coefficient (Wildman–Crippen LogP) is 3.28. The zero-order chi connectivity index (χ0) is 18.3. The van der Waals surface area contributed by atoms with E-state index in [2.05, 4.69) is 38.8 Å². The van der Waals surface area contributed by atoms with Crippen molar-refractivity contribution in [2.24, 2.45) is 5.92 Å². The van der Waals surface area contributed by atoms with Crippen molar-refractivity contribution in [1.82, 2.24) is 9.55 Å². The molecule has 0 spiro atoms. The normalized spacial score (nSPS) is 21.9. The van der Waals surface area contributed by atoms with Crippen molar-refractivity contribution < 1.29 is 8.82 Å². The highest BCUT2D eigenvalue weighted by molar-refractivity contribution is 6.74. The van der Waals surface area contributed by atoms with Crippen molar-refractivity contribution in [2.45, 2.75) is 58.3 Å².